The van der Waals surface area contributed by atoms with Crippen LogP contribution in [0.5, 0.6) is 0 Å². The number of rotatable bonds is 12. The fourth-order valence-corrected chi connectivity index (χ4v) is 2.96. The molecule has 11 heteroatoms. The predicted octanol–water partition coefficient (Wildman–Crippen LogP) is -0.114. The number of amides is 4. The molecule has 2 aliphatic rings. The van der Waals surface area contributed by atoms with E-state index in [0.29, 0.717) is 11.6 Å². The van der Waals surface area contributed by atoms with Crippen molar-refractivity contribution in [3.63, 3.8) is 0 Å². The highest BCUT2D eigenvalue weighted by Gasteiger charge is 2.38. The summed E-state index contributed by atoms with van der Waals surface area (Å²) in [5.74, 6) is -2.61. The fourth-order valence-electron chi connectivity index (χ4n) is 2.96. The Morgan fingerprint density at radius 1 is 1.06 bits per heavy atom. The van der Waals surface area contributed by atoms with Gasteiger partial charge in [0.15, 0.2) is 0 Å². The molecule has 1 fully saturated rings. The molecule has 0 radical (unpaired) electrons. The van der Waals surface area contributed by atoms with Crippen LogP contribution in [0.1, 0.15) is 47.0 Å². The fraction of sp³-hybridized carbons (Fsp3) is 0.667. The van der Waals surface area contributed by atoms with Crippen molar-refractivity contribution < 1.29 is 38.7 Å². The molecular formula is C21H31N3O8. The Morgan fingerprint density at radius 3 is 2.19 bits per heavy atom. The monoisotopic (exact) mass is 453 g/mol. The van der Waals surface area contributed by atoms with E-state index in [0.717, 1.165) is 4.90 Å². The van der Waals surface area contributed by atoms with Crippen molar-refractivity contribution in [2.75, 3.05) is 26.3 Å². The molecule has 0 aromatic carbocycles. The maximum absolute atomic E-state index is 12.4. The van der Waals surface area contributed by atoms with Crippen LogP contribution in [0.15, 0.2) is 12.2 Å². The van der Waals surface area contributed by atoms with Gasteiger partial charge in [0.1, 0.15) is 6.23 Å². The minimum Gasteiger partial charge on any atom is -0.380 e. The second-order valence-corrected chi connectivity index (χ2v) is 9.35. The summed E-state index contributed by atoms with van der Waals surface area (Å²) in [5.41, 5.74) is -1.50. The van der Waals surface area contributed by atoms with E-state index >= 15 is 0 Å². The van der Waals surface area contributed by atoms with Gasteiger partial charge in [-0.15, -0.1) is 5.06 Å². The third-order valence-corrected chi connectivity index (χ3v) is 5.03. The van der Waals surface area contributed by atoms with E-state index in [1.54, 1.807) is 13.8 Å². The van der Waals surface area contributed by atoms with Crippen LogP contribution in [0.4, 0.5) is 0 Å². The van der Waals surface area contributed by atoms with E-state index in [1.165, 1.54) is 12.2 Å². The van der Waals surface area contributed by atoms with Gasteiger partial charge in [0.05, 0.1) is 18.6 Å². The van der Waals surface area contributed by atoms with E-state index in [2.05, 4.69) is 5.32 Å². The van der Waals surface area contributed by atoms with E-state index in [9.17, 15) is 29.1 Å². The van der Waals surface area contributed by atoms with Crippen LogP contribution in [-0.2, 0) is 33.5 Å². The number of ether oxygens (including phenoxy) is 1. The van der Waals surface area contributed by atoms with Crippen molar-refractivity contribution in [2.45, 2.75) is 53.2 Å². The van der Waals surface area contributed by atoms with E-state index in [1.807, 2.05) is 13.8 Å². The van der Waals surface area contributed by atoms with Crippen LogP contribution in [0, 0.1) is 10.8 Å². The zero-order valence-corrected chi connectivity index (χ0v) is 18.9. The molecule has 4 amide bonds. The number of carbonyl (C=O) groups is 5. The number of hydrogen-bond donors (Lipinski definition) is 2. The van der Waals surface area contributed by atoms with Crippen LogP contribution in [0.3, 0.4) is 0 Å². The zero-order chi connectivity index (χ0) is 24.1. The number of hydrogen-bond acceptors (Lipinski definition) is 9. The zero-order valence-electron chi connectivity index (χ0n) is 18.9. The van der Waals surface area contributed by atoms with Crippen molar-refractivity contribution in [3.05, 3.63) is 12.2 Å². The van der Waals surface area contributed by atoms with Gasteiger partial charge >= 0.3 is 5.97 Å². The van der Waals surface area contributed by atoms with Crippen LogP contribution in [0.25, 0.3) is 0 Å². The highest BCUT2D eigenvalue weighted by Crippen LogP contribution is 2.23. The smallest absolute Gasteiger partial charge is 0.341 e. The third kappa shape index (κ3) is 6.94. The van der Waals surface area contributed by atoms with Gasteiger partial charge < -0.3 is 14.7 Å². The summed E-state index contributed by atoms with van der Waals surface area (Å²) >= 11 is 0. The lowest BCUT2D eigenvalue weighted by atomic mass is 9.93. The first-order chi connectivity index (χ1) is 14.8. The average molecular weight is 453 g/mol. The maximum atomic E-state index is 12.4. The lowest BCUT2D eigenvalue weighted by molar-refractivity contribution is -0.206. The van der Waals surface area contributed by atoms with E-state index in [4.69, 9.17) is 9.57 Å². The van der Waals surface area contributed by atoms with E-state index in [-0.39, 0.29) is 39.0 Å². The first-order valence-electron chi connectivity index (χ1n) is 10.4. The van der Waals surface area contributed by atoms with Gasteiger partial charge in [-0.2, -0.15) is 0 Å². The molecule has 0 saturated carbocycles. The number of aliphatic hydroxyl groups is 1. The molecular weight excluding hydrogens is 422 g/mol. The maximum Gasteiger partial charge on any atom is 0.341 e. The van der Waals surface area contributed by atoms with Crippen molar-refractivity contribution in [1.82, 2.24) is 15.3 Å². The molecule has 2 heterocycles. The van der Waals surface area contributed by atoms with Crippen LogP contribution in [0.2, 0.25) is 0 Å². The highest BCUT2D eigenvalue weighted by molar-refractivity contribution is 6.12. The number of nitrogens with one attached hydrogen (secondary N) is 1. The number of imide groups is 2. The lowest BCUT2D eigenvalue weighted by Crippen LogP contribution is -2.43. The summed E-state index contributed by atoms with van der Waals surface area (Å²) in [5, 5.41) is 13.6. The molecule has 0 bridgehead atoms. The van der Waals surface area contributed by atoms with Crippen molar-refractivity contribution >= 4 is 29.6 Å². The van der Waals surface area contributed by atoms with E-state index < -0.39 is 46.7 Å². The average Bonchev–Trinajstić information content (AvgIpc) is 3.19. The van der Waals surface area contributed by atoms with Crippen molar-refractivity contribution in [2.24, 2.45) is 10.8 Å². The Hall–Kier alpha value is -2.63. The molecule has 1 atom stereocenters. The van der Waals surface area contributed by atoms with Gasteiger partial charge in [-0.25, -0.2) is 4.79 Å². The number of nitrogens with zero attached hydrogens (tertiary/aromatic N) is 2. The molecule has 11 nitrogen and oxygen atoms in total. The SMILES string of the molecule is CC(C)(CNC(O)CCN1C(=O)C=CC1=O)COCC(C)(C)C(=O)ON1C(=O)CCC1=O. The Bertz CT molecular complexity index is 771. The molecule has 2 rings (SSSR count). The summed E-state index contributed by atoms with van der Waals surface area (Å²) in [7, 11) is 0. The van der Waals surface area contributed by atoms with Crippen molar-refractivity contribution in [1.29, 1.82) is 0 Å². The Kier molecular flexibility index (Phi) is 8.27. The third-order valence-electron chi connectivity index (χ3n) is 5.03. The standard InChI is InChI=1S/C21H31N3O8/c1-20(2,11-22-14(25)9-10-23-15(26)5-6-16(23)27)12-31-13-21(3,4)19(30)32-24-17(28)7-8-18(24)29/h5-6,14,22,25H,7-13H2,1-4H3. The van der Waals surface area contributed by atoms with Crippen molar-refractivity contribution in [3.8, 4) is 0 Å². The number of aliphatic hydroxyl groups excluding tert-OH is 1. The molecule has 2 aliphatic heterocycles. The molecule has 0 aromatic heterocycles. The quantitative estimate of drug-likeness (QED) is 0.305. The van der Waals surface area contributed by atoms with Gasteiger partial charge in [0.2, 0.25) is 0 Å². The molecule has 1 unspecified atom stereocenters. The molecule has 178 valence electrons. The summed E-state index contributed by atoms with van der Waals surface area (Å²) in [6, 6.07) is 0. The summed E-state index contributed by atoms with van der Waals surface area (Å²) < 4.78 is 5.69. The van der Waals surface area contributed by atoms with Gasteiger partial charge in [0.25, 0.3) is 23.6 Å². The highest BCUT2D eigenvalue weighted by atomic mass is 16.7. The Labute approximate surface area is 186 Å². The first kappa shape index (κ1) is 25.6. The molecule has 0 aromatic rings. The second kappa shape index (κ2) is 10.3. The predicted molar refractivity (Wildman–Crippen MR) is 110 cm³/mol. The molecule has 0 aliphatic carbocycles. The molecule has 32 heavy (non-hydrogen) atoms. The Morgan fingerprint density at radius 2 is 1.62 bits per heavy atom. The van der Waals surface area contributed by atoms with Gasteiger partial charge in [-0.1, -0.05) is 13.8 Å². The summed E-state index contributed by atoms with van der Waals surface area (Å²) in [4.78, 5) is 64.6. The van der Waals surface area contributed by atoms with Gasteiger partial charge in [-0.3, -0.25) is 29.4 Å². The number of hydroxylamine groups is 2. The summed E-state index contributed by atoms with van der Waals surface area (Å²) in [6.45, 7) is 7.70. The lowest BCUT2D eigenvalue weighted by Gasteiger charge is -2.29. The van der Waals surface area contributed by atoms with Gasteiger partial charge in [0, 0.05) is 49.9 Å². The minimum absolute atomic E-state index is 0.000219. The first-order valence-corrected chi connectivity index (χ1v) is 10.4. The topological polar surface area (TPSA) is 143 Å². The largest absolute Gasteiger partial charge is 0.380 e. The van der Waals surface area contributed by atoms with Crippen LogP contribution >= 0.6 is 0 Å². The molecule has 0 spiro atoms. The normalized spacial score (nSPS) is 18.2. The molecule has 1 saturated heterocycles. The molecule has 2 N–H and O–H groups in total. The van der Waals surface area contributed by atoms with Gasteiger partial charge in [-0.05, 0) is 13.8 Å². The minimum atomic E-state index is -1.09. The van der Waals surface area contributed by atoms with Crippen LogP contribution in [-0.4, -0.2) is 77.2 Å². The number of carbonyl (C=O) groups excluding carboxylic acids is 5. The van der Waals surface area contributed by atoms with Crippen LogP contribution < -0.4 is 5.32 Å². The summed E-state index contributed by atoms with van der Waals surface area (Å²) in [6.07, 6.45) is 1.71. The Balaban J connectivity index is 1.70. The second-order valence-electron chi connectivity index (χ2n) is 9.35.